The minimum absolute atomic E-state index is 0.166. The molecule has 1 aliphatic heterocycles. The number of halogens is 1. The second-order valence-electron chi connectivity index (χ2n) is 3.74. The largest absolute Gasteiger partial charge is 0.393 e. The molecule has 0 aliphatic carbocycles. The second-order valence-corrected chi connectivity index (χ2v) is 3.74. The van der Waals surface area contributed by atoms with Crippen LogP contribution >= 0.6 is 0 Å². The van der Waals surface area contributed by atoms with Crippen LogP contribution in [0.25, 0.3) is 0 Å². The fourth-order valence-corrected chi connectivity index (χ4v) is 1.85. The van der Waals surface area contributed by atoms with Crippen LogP contribution in [0.15, 0.2) is 24.3 Å². The Morgan fingerprint density at radius 1 is 1.29 bits per heavy atom. The molecule has 0 spiro atoms. The molecule has 0 aromatic heterocycles. The minimum Gasteiger partial charge on any atom is -0.393 e. The van der Waals surface area contributed by atoms with Crippen LogP contribution < -0.4 is 5.32 Å². The maximum atomic E-state index is 12.7. The first-order valence-electron chi connectivity index (χ1n) is 4.92. The number of benzene rings is 1. The van der Waals surface area contributed by atoms with Gasteiger partial charge in [0.25, 0.3) is 0 Å². The van der Waals surface area contributed by atoms with Gasteiger partial charge in [0, 0.05) is 6.04 Å². The van der Waals surface area contributed by atoms with Crippen LogP contribution in [0.5, 0.6) is 0 Å². The Morgan fingerprint density at radius 3 is 2.64 bits per heavy atom. The molecule has 0 unspecified atom stereocenters. The highest BCUT2D eigenvalue weighted by Gasteiger charge is 2.20. The lowest BCUT2D eigenvalue weighted by Gasteiger charge is -2.27. The van der Waals surface area contributed by atoms with Gasteiger partial charge in [-0.1, -0.05) is 12.1 Å². The van der Waals surface area contributed by atoms with Crippen LogP contribution in [-0.4, -0.2) is 17.8 Å². The van der Waals surface area contributed by atoms with E-state index in [0.29, 0.717) is 6.42 Å². The summed E-state index contributed by atoms with van der Waals surface area (Å²) in [5.74, 6) is -0.217. The lowest BCUT2D eigenvalue weighted by molar-refractivity contribution is 0.116. The highest BCUT2D eigenvalue weighted by molar-refractivity contribution is 5.20. The highest BCUT2D eigenvalue weighted by atomic mass is 19.1. The van der Waals surface area contributed by atoms with Crippen molar-refractivity contribution in [2.45, 2.75) is 25.0 Å². The minimum atomic E-state index is -0.230. The molecule has 2 nitrogen and oxygen atoms in total. The molecule has 14 heavy (non-hydrogen) atoms. The van der Waals surface area contributed by atoms with Gasteiger partial charge in [-0.2, -0.15) is 0 Å². The van der Waals surface area contributed by atoms with Crippen molar-refractivity contribution in [2.24, 2.45) is 0 Å². The third kappa shape index (κ3) is 2.11. The van der Waals surface area contributed by atoms with Gasteiger partial charge in [0.1, 0.15) is 5.82 Å². The van der Waals surface area contributed by atoms with E-state index < -0.39 is 0 Å². The van der Waals surface area contributed by atoms with Crippen LogP contribution in [0.3, 0.4) is 0 Å². The van der Waals surface area contributed by atoms with Crippen LogP contribution in [-0.2, 0) is 0 Å². The van der Waals surface area contributed by atoms with Crippen LogP contribution in [0.1, 0.15) is 24.4 Å². The molecule has 0 amide bonds. The van der Waals surface area contributed by atoms with Gasteiger partial charge in [0.2, 0.25) is 0 Å². The van der Waals surface area contributed by atoms with Crippen molar-refractivity contribution in [3.63, 3.8) is 0 Å². The Balaban J connectivity index is 2.10. The average molecular weight is 195 g/mol. The molecule has 2 N–H and O–H groups in total. The molecular weight excluding hydrogens is 181 g/mol. The molecule has 1 aromatic rings. The number of hydrogen-bond acceptors (Lipinski definition) is 2. The van der Waals surface area contributed by atoms with E-state index in [4.69, 9.17) is 0 Å². The van der Waals surface area contributed by atoms with Gasteiger partial charge in [-0.15, -0.1) is 0 Å². The van der Waals surface area contributed by atoms with Crippen LogP contribution in [0.4, 0.5) is 4.39 Å². The molecule has 1 saturated heterocycles. The summed E-state index contributed by atoms with van der Waals surface area (Å²) in [7, 11) is 0. The summed E-state index contributed by atoms with van der Waals surface area (Å²) in [4.78, 5) is 0. The molecule has 3 heteroatoms. The van der Waals surface area contributed by atoms with Gasteiger partial charge in [-0.25, -0.2) is 4.39 Å². The zero-order chi connectivity index (χ0) is 9.97. The summed E-state index contributed by atoms with van der Waals surface area (Å²) in [5, 5.41) is 12.8. The number of aliphatic hydroxyl groups is 1. The standard InChI is InChI=1S/C11H14FNO/c12-9-3-1-8(2-4-9)11-7-10(14)5-6-13-11/h1-4,10-11,13-14H,5-7H2/t10-,11+/m0/s1. The molecule has 2 atom stereocenters. The van der Waals surface area contributed by atoms with Crippen molar-refractivity contribution >= 4 is 0 Å². The number of hydrogen-bond donors (Lipinski definition) is 2. The quantitative estimate of drug-likeness (QED) is 0.713. The molecule has 0 radical (unpaired) electrons. The van der Waals surface area contributed by atoms with Gasteiger partial charge in [-0.3, -0.25) is 0 Å². The normalized spacial score (nSPS) is 27.6. The first-order valence-corrected chi connectivity index (χ1v) is 4.92. The average Bonchev–Trinajstić information content (AvgIpc) is 2.19. The number of piperidine rings is 1. The van der Waals surface area contributed by atoms with E-state index >= 15 is 0 Å². The van der Waals surface area contributed by atoms with Crippen molar-refractivity contribution < 1.29 is 9.50 Å². The van der Waals surface area contributed by atoms with Crippen molar-refractivity contribution in [2.75, 3.05) is 6.54 Å². The topological polar surface area (TPSA) is 32.3 Å². The summed E-state index contributed by atoms with van der Waals surface area (Å²) in [6.45, 7) is 0.823. The summed E-state index contributed by atoms with van der Waals surface area (Å²) in [5.41, 5.74) is 1.05. The monoisotopic (exact) mass is 195 g/mol. The molecule has 1 fully saturated rings. The number of rotatable bonds is 1. The van der Waals surface area contributed by atoms with E-state index in [1.165, 1.54) is 12.1 Å². The van der Waals surface area contributed by atoms with Gasteiger partial charge in [0.05, 0.1) is 6.10 Å². The zero-order valence-corrected chi connectivity index (χ0v) is 7.91. The fraction of sp³-hybridized carbons (Fsp3) is 0.455. The van der Waals surface area contributed by atoms with E-state index in [1.807, 2.05) is 0 Å². The van der Waals surface area contributed by atoms with E-state index in [9.17, 15) is 9.50 Å². The third-order valence-electron chi connectivity index (χ3n) is 2.65. The number of nitrogens with one attached hydrogen (secondary N) is 1. The summed E-state index contributed by atoms with van der Waals surface area (Å²) >= 11 is 0. The third-order valence-corrected chi connectivity index (χ3v) is 2.65. The van der Waals surface area contributed by atoms with Crippen LogP contribution in [0, 0.1) is 5.82 Å². The molecule has 1 aliphatic rings. The van der Waals surface area contributed by atoms with Crippen molar-refractivity contribution in [1.82, 2.24) is 5.32 Å². The first-order chi connectivity index (χ1) is 6.75. The smallest absolute Gasteiger partial charge is 0.123 e. The van der Waals surface area contributed by atoms with Crippen molar-refractivity contribution in [3.8, 4) is 0 Å². The molecule has 0 bridgehead atoms. The highest BCUT2D eigenvalue weighted by Crippen LogP contribution is 2.23. The summed E-state index contributed by atoms with van der Waals surface area (Å²) < 4.78 is 12.7. The second kappa shape index (κ2) is 4.07. The molecule has 1 aromatic carbocycles. The van der Waals surface area contributed by atoms with Gasteiger partial charge >= 0.3 is 0 Å². The first kappa shape index (κ1) is 9.62. The maximum absolute atomic E-state index is 12.7. The lowest BCUT2D eigenvalue weighted by Crippen LogP contribution is -2.34. The van der Waals surface area contributed by atoms with Crippen molar-refractivity contribution in [3.05, 3.63) is 35.6 Å². The maximum Gasteiger partial charge on any atom is 0.123 e. The van der Waals surface area contributed by atoms with E-state index in [2.05, 4.69) is 5.32 Å². The molecular formula is C11H14FNO. The fourth-order valence-electron chi connectivity index (χ4n) is 1.85. The Kier molecular flexibility index (Phi) is 2.79. The molecule has 0 saturated carbocycles. The van der Waals surface area contributed by atoms with Crippen LogP contribution in [0.2, 0.25) is 0 Å². The van der Waals surface area contributed by atoms with Gasteiger partial charge in [-0.05, 0) is 37.1 Å². The molecule has 2 rings (SSSR count). The SMILES string of the molecule is O[C@H]1CCN[C@@H](c2ccc(F)cc2)C1. The van der Waals surface area contributed by atoms with Crippen molar-refractivity contribution in [1.29, 1.82) is 0 Å². The van der Waals surface area contributed by atoms with E-state index in [1.54, 1.807) is 12.1 Å². The lowest BCUT2D eigenvalue weighted by atomic mass is 9.96. The molecule has 1 heterocycles. The molecule has 76 valence electrons. The van der Waals surface area contributed by atoms with Gasteiger partial charge in [0.15, 0.2) is 0 Å². The zero-order valence-electron chi connectivity index (χ0n) is 7.91. The van der Waals surface area contributed by atoms with E-state index in [-0.39, 0.29) is 18.0 Å². The predicted octanol–water partition coefficient (Wildman–Crippen LogP) is 1.61. The Labute approximate surface area is 82.8 Å². The summed E-state index contributed by atoms with van der Waals surface area (Å²) in [6.07, 6.45) is 1.29. The summed E-state index contributed by atoms with van der Waals surface area (Å²) in [6, 6.07) is 6.62. The predicted molar refractivity (Wildman–Crippen MR) is 52.4 cm³/mol. The Hall–Kier alpha value is -0.930. The Bertz CT molecular complexity index is 299. The Morgan fingerprint density at radius 2 is 2.00 bits per heavy atom. The van der Waals surface area contributed by atoms with Gasteiger partial charge < -0.3 is 10.4 Å². The number of aliphatic hydroxyl groups excluding tert-OH is 1. The van der Waals surface area contributed by atoms with E-state index in [0.717, 1.165) is 18.5 Å².